The van der Waals surface area contributed by atoms with Crippen molar-refractivity contribution in [2.45, 2.75) is 30.7 Å². The Hall–Kier alpha value is -4.08. The summed E-state index contributed by atoms with van der Waals surface area (Å²) in [7, 11) is -3.77. The van der Waals surface area contributed by atoms with Crippen molar-refractivity contribution in [3.05, 3.63) is 125 Å². The van der Waals surface area contributed by atoms with Crippen LogP contribution in [0.2, 0.25) is 0 Å². The highest BCUT2D eigenvalue weighted by Crippen LogP contribution is 2.39. The highest BCUT2D eigenvalue weighted by Gasteiger charge is 2.32. The predicted molar refractivity (Wildman–Crippen MR) is 160 cm³/mol. The van der Waals surface area contributed by atoms with Gasteiger partial charge in [0.05, 0.1) is 10.6 Å². The van der Waals surface area contributed by atoms with Crippen LogP contribution in [0, 0.1) is 13.8 Å². The topological polar surface area (TPSA) is 95.6 Å². The Kier molecular flexibility index (Phi) is 7.95. The molecule has 0 aromatic heterocycles. The Morgan fingerprint density at radius 2 is 1.55 bits per heavy atom. The largest absolute Gasteiger partial charge is 0.322 e. The quantitative estimate of drug-likeness (QED) is 0.265. The summed E-state index contributed by atoms with van der Waals surface area (Å²) in [5, 5.41) is 2.70. The molecule has 1 aliphatic heterocycles. The molecule has 0 saturated carbocycles. The normalized spacial score (nSPS) is 15.2. The first-order valence-electron chi connectivity index (χ1n) is 12.8. The van der Waals surface area contributed by atoms with Gasteiger partial charge in [0, 0.05) is 23.5 Å². The van der Waals surface area contributed by atoms with Gasteiger partial charge in [0.1, 0.15) is 5.37 Å². The second kappa shape index (κ2) is 11.6. The third-order valence-electron chi connectivity index (χ3n) is 6.80. The van der Waals surface area contributed by atoms with Crippen LogP contribution in [0.25, 0.3) is 0 Å². The summed E-state index contributed by atoms with van der Waals surface area (Å²) in [6.45, 7) is 4.42. The van der Waals surface area contributed by atoms with E-state index in [0.29, 0.717) is 29.2 Å². The summed E-state index contributed by atoms with van der Waals surface area (Å²) in [6.07, 6.45) is 0. The molecule has 1 atom stereocenters. The predicted octanol–water partition coefficient (Wildman–Crippen LogP) is 6.13. The van der Waals surface area contributed by atoms with Crippen molar-refractivity contribution in [3.8, 4) is 0 Å². The molecule has 1 saturated heterocycles. The van der Waals surface area contributed by atoms with Crippen LogP contribution in [0.15, 0.2) is 102 Å². The number of carbonyl (C=O) groups is 2. The van der Waals surface area contributed by atoms with Gasteiger partial charge in [-0.3, -0.25) is 14.3 Å². The summed E-state index contributed by atoms with van der Waals surface area (Å²) >= 11 is 1.57. The first-order valence-corrected chi connectivity index (χ1v) is 15.3. The number of aryl methyl sites for hydroxylation is 2. The van der Waals surface area contributed by atoms with Crippen LogP contribution in [-0.4, -0.2) is 30.9 Å². The Morgan fingerprint density at radius 3 is 2.23 bits per heavy atom. The lowest BCUT2D eigenvalue weighted by Gasteiger charge is -2.24. The fraction of sp³-hybridized carbons (Fsp3) is 0.161. The number of carbonyl (C=O) groups excluding carboxylic acids is 2. The van der Waals surface area contributed by atoms with E-state index in [1.807, 2.05) is 67.3 Å². The van der Waals surface area contributed by atoms with E-state index in [2.05, 4.69) is 10.0 Å². The van der Waals surface area contributed by atoms with E-state index in [4.69, 9.17) is 0 Å². The van der Waals surface area contributed by atoms with Gasteiger partial charge in [-0.1, -0.05) is 48.5 Å². The average molecular weight is 572 g/mol. The zero-order chi connectivity index (χ0) is 28.3. The summed E-state index contributed by atoms with van der Waals surface area (Å²) in [6, 6.07) is 28.5. The average Bonchev–Trinajstić information content (AvgIpc) is 3.31. The first kappa shape index (κ1) is 27.5. The smallest absolute Gasteiger partial charge is 0.261 e. The number of hydrogen-bond acceptors (Lipinski definition) is 5. The molecule has 204 valence electrons. The Labute approximate surface area is 238 Å². The first-order chi connectivity index (χ1) is 19.2. The van der Waals surface area contributed by atoms with Crippen molar-refractivity contribution in [2.75, 3.05) is 15.8 Å². The zero-order valence-corrected chi connectivity index (χ0v) is 23.8. The van der Waals surface area contributed by atoms with Crippen LogP contribution in [0.4, 0.5) is 11.4 Å². The summed E-state index contributed by atoms with van der Waals surface area (Å²) < 4.78 is 28.2. The maximum atomic E-state index is 12.9. The number of benzene rings is 4. The lowest BCUT2D eigenvalue weighted by molar-refractivity contribution is -0.128. The number of hydrogen-bond donors (Lipinski definition) is 2. The standard InChI is InChI=1S/C31H29N3O4S2/c1-21-8-13-27(18-22(21)2)33-40(37,38)28-16-14-26(15-17-28)32-30(36)24-9-11-25(12-10-24)31-34(29(35)20-39-31)19-23-6-4-3-5-7-23/h3-18,31,33H,19-20H2,1-2H3,(H,32,36). The number of rotatable bonds is 8. The number of thioether (sulfide) groups is 1. The van der Waals surface area contributed by atoms with Crippen LogP contribution in [-0.2, 0) is 21.4 Å². The molecule has 1 heterocycles. The van der Waals surface area contributed by atoms with Gasteiger partial charge in [0.25, 0.3) is 15.9 Å². The van der Waals surface area contributed by atoms with E-state index < -0.39 is 10.0 Å². The highest BCUT2D eigenvalue weighted by atomic mass is 32.2. The molecule has 0 bridgehead atoms. The van der Waals surface area contributed by atoms with Gasteiger partial charge < -0.3 is 10.2 Å². The molecule has 0 radical (unpaired) electrons. The molecular weight excluding hydrogens is 542 g/mol. The second-order valence-electron chi connectivity index (χ2n) is 9.68. The van der Waals surface area contributed by atoms with Gasteiger partial charge >= 0.3 is 0 Å². The number of sulfonamides is 1. The van der Waals surface area contributed by atoms with E-state index in [0.717, 1.165) is 22.3 Å². The van der Waals surface area contributed by atoms with Crippen molar-refractivity contribution in [1.82, 2.24) is 4.90 Å². The Bertz CT molecular complexity index is 1640. The van der Waals surface area contributed by atoms with Crippen molar-refractivity contribution in [1.29, 1.82) is 0 Å². The van der Waals surface area contributed by atoms with Crippen LogP contribution >= 0.6 is 11.8 Å². The van der Waals surface area contributed by atoms with E-state index in [1.54, 1.807) is 48.2 Å². The van der Waals surface area contributed by atoms with Crippen LogP contribution in [0.1, 0.15) is 38.0 Å². The van der Waals surface area contributed by atoms with E-state index >= 15 is 0 Å². The maximum Gasteiger partial charge on any atom is 0.261 e. The fourth-order valence-electron chi connectivity index (χ4n) is 4.42. The van der Waals surface area contributed by atoms with Crippen molar-refractivity contribution >= 4 is 45.0 Å². The zero-order valence-electron chi connectivity index (χ0n) is 22.1. The molecule has 4 aromatic rings. The van der Waals surface area contributed by atoms with Crippen LogP contribution in [0.5, 0.6) is 0 Å². The molecule has 4 aromatic carbocycles. The molecule has 1 fully saturated rings. The molecule has 40 heavy (non-hydrogen) atoms. The van der Waals surface area contributed by atoms with Crippen LogP contribution in [0.3, 0.4) is 0 Å². The lowest BCUT2D eigenvalue weighted by Crippen LogP contribution is -2.27. The number of anilines is 2. The molecule has 0 spiro atoms. The maximum absolute atomic E-state index is 12.9. The van der Waals surface area contributed by atoms with Crippen molar-refractivity contribution < 1.29 is 18.0 Å². The highest BCUT2D eigenvalue weighted by molar-refractivity contribution is 8.00. The Balaban J connectivity index is 1.23. The van der Waals surface area contributed by atoms with E-state index in [9.17, 15) is 18.0 Å². The number of nitrogens with zero attached hydrogens (tertiary/aromatic N) is 1. The second-order valence-corrected chi connectivity index (χ2v) is 12.4. The molecule has 1 aliphatic rings. The molecular formula is C31H29N3O4S2. The summed E-state index contributed by atoms with van der Waals surface area (Å²) in [5.41, 5.74) is 5.52. The van der Waals surface area contributed by atoms with Gasteiger partial charge in [-0.05, 0) is 84.6 Å². The fourth-order valence-corrected chi connectivity index (χ4v) is 6.66. The molecule has 9 heteroatoms. The van der Waals surface area contributed by atoms with Gasteiger partial charge in [0.15, 0.2) is 0 Å². The lowest BCUT2D eigenvalue weighted by atomic mass is 10.1. The van der Waals surface area contributed by atoms with Gasteiger partial charge in [-0.25, -0.2) is 8.42 Å². The SMILES string of the molecule is Cc1ccc(NS(=O)(=O)c2ccc(NC(=O)c3ccc(C4SCC(=O)N4Cc4ccccc4)cc3)cc2)cc1C. The van der Waals surface area contributed by atoms with Crippen LogP contribution < -0.4 is 10.0 Å². The Morgan fingerprint density at radius 1 is 0.875 bits per heavy atom. The molecule has 0 aliphatic carbocycles. The third kappa shape index (κ3) is 6.21. The molecule has 5 rings (SSSR count). The molecule has 2 N–H and O–H groups in total. The van der Waals surface area contributed by atoms with Gasteiger partial charge in [0.2, 0.25) is 5.91 Å². The van der Waals surface area contributed by atoms with Crippen molar-refractivity contribution in [2.24, 2.45) is 0 Å². The van der Waals surface area contributed by atoms with E-state index in [-0.39, 0.29) is 22.1 Å². The minimum atomic E-state index is -3.77. The summed E-state index contributed by atoms with van der Waals surface area (Å²) in [5.74, 6) is 0.202. The van der Waals surface area contributed by atoms with Gasteiger partial charge in [-0.2, -0.15) is 0 Å². The van der Waals surface area contributed by atoms with E-state index in [1.165, 1.54) is 12.1 Å². The number of amides is 2. The third-order valence-corrected chi connectivity index (χ3v) is 9.46. The minimum absolute atomic E-state index is 0.0929. The molecule has 1 unspecified atom stereocenters. The monoisotopic (exact) mass is 571 g/mol. The van der Waals surface area contributed by atoms with Gasteiger partial charge in [-0.15, -0.1) is 11.8 Å². The van der Waals surface area contributed by atoms with Crippen molar-refractivity contribution in [3.63, 3.8) is 0 Å². The molecule has 7 nitrogen and oxygen atoms in total. The summed E-state index contributed by atoms with van der Waals surface area (Å²) in [4.78, 5) is 27.4. The molecule has 2 amide bonds. The number of nitrogens with one attached hydrogen (secondary N) is 2. The minimum Gasteiger partial charge on any atom is -0.322 e.